The molecule has 1 amide bonds. The minimum absolute atomic E-state index is 0.0321. The molecule has 25 heavy (non-hydrogen) atoms. The molecule has 1 aromatic carbocycles. The van der Waals surface area contributed by atoms with Gasteiger partial charge in [-0.1, -0.05) is 12.1 Å². The van der Waals surface area contributed by atoms with E-state index in [9.17, 15) is 18.0 Å². The minimum Gasteiger partial charge on any atom is -0.342 e. The zero-order valence-electron chi connectivity index (χ0n) is 14.5. The molecular weight excluding hydrogens is 342 g/mol. The molecule has 7 nitrogen and oxygen atoms in total. The van der Waals surface area contributed by atoms with Crippen LogP contribution in [0.25, 0.3) is 11.0 Å². The van der Waals surface area contributed by atoms with Gasteiger partial charge in [0.2, 0.25) is 5.91 Å². The van der Waals surface area contributed by atoms with Gasteiger partial charge in [-0.25, -0.2) is 13.2 Å². The number of carbonyl (C=O) groups excluding carboxylic acids is 1. The third-order valence-corrected chi connectivity index (χ3v) is 6.69. The van der Waals surface area contributed by atoms with E-state index in [1.54, 1.807) is 16.2 Å². The number of aryl methyl sites for hydroxylation is 2. The SMILES string of the molecule is CCn1c(=O)n(CCC(=O)N(C)[C@@H]2CCS(=O)(=O)C2)c2ccccc21. The predicted octanol–water partition coefficient (Wildman–Crippen LogP) is 0.859. The number of amides is 1. The van der Waals surface area contributed by atoms with Crippen LogP contribution in [0.1, 0.15) is 19.8 Å². The van der Waals surface area contributed by atoms with Crippen LogP contribution in [-0.2, 0) is 27.7 Å². The molecule has 0 aliphatic carbocycles. The summed E-state index contributed by atoms with van der Waals surface area (Å²) in [6.07, 6.45) is 0.657. The summed E-state index contributed by atoms with van der Waals surface area (Å²) in [7, 11) is -1.38. The van der Waals surface area contributed by atoms with Crippen molar-refractivity contribution in [1.82, 2.24) is 14.0 Å². The number of para-hydroxylation sites is 2. The molecule has 0 saturated carbocycles. The summed E-state index contributed by atoms with van der Waals surface area (Å²) >= 11 is 0. The van der Waals surface area contributed by atoms with Gasteiger partial charge in [-0.2, -0.15) is 0 Å². The highest BCUT2D eigenvalue weighted by atomic mass is 32.2. The first-order valence-electron chi connectivity index (χ1n) is 8.48. The lowest BCUT2D eigenvalue weighted by molar-refractivity contribution is -0.131. The Hall–Kier alpha value is -2.09. The smallest absolute Gasteiger partial charge is 0.329 e. The van der Waals surface area contributed by atoms with E-state index in [1.165, 1.54) is 4.90 Å². The van der Waals surface area contributed by atoms with Crippen LogP contribution in [0.15, 0.2) is 29.1 Å². The van der Waals surface area contributed by atoms with Crippen molar-refractivity contribution in [1.29, 1.82) is 0 Å². The van der Waals surface area contributed by atoms with Crippen molar-refractivity contribution in [2.45, 2.75) is 38.9 Å². The van der Waals surface area contributed by atoms with Gasteiger partial charge < -0.3 is 4.90 Å². The highest BCUT2D eigenvalue weighted by Crippen LogP contribution is 2.18. The second-order valence-corrected chi connectivity index (χ2v) is 8.71. The number of imidazole rings is 1. The molecule has 0 spiro atoms. The molecule has 1 aromatic heterocycles. The first kappa shape index (κ1) is 17.7. The Morgan fingerprint density at radius 1 is 1.24 bits per heavy atom. The number of hydrogen-bond acceptors (Lipinski definition) is 4. The van der Waals surface area contributed by atoms with E-state index in [1.807, 2.05) is 31.2 Å². The Kier molecular flexibility index (Phi) is 4.73. The van der Waals surface area contributed by atoms with Crippen molar-refractivity contribution in [2.75, 3.05) is 18.6 Å². The van der Waals surface area contributed by atoms with E-state index in [-0.39, 0.29) is 42.1 Å². The zero-order chi connectivity index (χ0) is 18.2. The highest BCUT2D eigenvalue weighted by molar-refractivity contribution is 7.91. The zero-order valence-corrected chi connectivity index (χ0v) is 15.3. The maximum absolute atomic E-state index is 12.6. The summed E-state index contributed by atoms with van der Waals surface area (Å²) < 4.78 is 26.5. The molecule has 136 valence electrons. The molecular formula is C17H23N3O4S. The van der Waals surface area contributed by atoms with Gasteiger partial charge >= 0.3 is 5.69 Å². The lowest BCUT2D eigenvalue weighted by atomic mass is 10.2. The number of aromatic nitrogens is 2. The lowest BCUT2D eigenvalue weighted by Gasteiger charge is -2.23. The second-order valence-electron chi connectivity index (χ2n) is 6.48. The molecule has 0 unspecified atom stereocenters. The summed E-state index contributed by atoms with van der Waals surface area (Å²) in [4.78, 5) is 26.5. The fourth-order valence-electron chi connectivity index (χ4n) is 3.46. The van der Waals surface area contributed by atoms with E-state index in [0.29, 0.717) is 13.0 Å². The Bertz CT molecular complexity index is 958. The normalized spacial score (nSPS) is 19.4. The standard InChI is InChI=1S/C17H23N3O4S/c1-3-19-14-6-4-5-7-15(14)20(17(19)22)10-8-16(21)18(2)13-9-11-25(23,24)12-13/h4-7,13H,3,8-12H2,1-2H3/t13-/m1/s1. The number of benzene rings is 1. The van der Waals surface area contributed by atoms with Crippen LogP contribution < -0.4 is 5.69 Å². The largest absolute Gasteiger partial charge is 0.342 e. The van der Waals surface area contributed by atoms with Crippen LogP contribution in [0.4, 0.5) is 0 Å². The molecule has 0 radical (unpaired) electrons. The van der Waals surface area contributed by atoms with E-state index in [0.717, 1.165) is 11.0 Å². The fourth-order valence-corrected chi connectivity index (χ4v) is 5.24. The second kappa shape index (κ2) is 6.67. The van der Waals surface area contributed by atoms with Gasteiger partial charge in [0.25, 0.3) is 0 Å². The maximum atomic E-state index is 12.6. The Morgan fingerprint density at radius 2 is 1.88 bits per heavy atom. The third-order valence-electron chi connectivity index (χ3n) is 4.94. The molecule has 1 aliphatic heterocycles. The molecule has 1 atom stereocenters. The van der Waals surface area contributed by atoms with Crippen molar-refractivity contribution < 1.29 is 13.2 Å². The molecule has 3 rings (SSSR count). The monoisotopic (exact) mass is 365 g/mol. The fraction of sp³-hybridized carbons (Fsp3) is 0.529. The molecule has 0 N–H and O–H groups in total. The first-order valence-corrected chi connectivity index (χ1v) is 10.3. The van der Waals surface area contributed by atoms with Gasteiger partial charge in [-0.15, -0.1) is 0 Å². The van der Waals surface area contributed by atoms with E-state index in [2.05, 4.69) is 0 Å². The lowest BCUT2D eigenvalue weighted by Crippen LogP contribution is -2.38. The predicted molar refractivity (Wildman–Crippen MR) is 96.3 cm³/mol. The van der Waals surface area contributed by atoms with Gasteiger partial charge in [0, 0.05) is 32.6 Å². The average molecular weight is 365 g/mol. The van der Waals surface area contributed by atoms with Gasteiger partial charge in [0.15, 0.2) is 9.84 Å². The molecule has 1 saturated heterocycles. The number of sulfone groups is 1. The Morgan fingerprint density at radius 3 is 2.44 bits per heavy atom. The Labute approximate surface area is 146 Å². The highest BCUT2D eigenvalue weighted by Gasteiger charge is 2.32. The van der Waals surface area contributed by atoms with Gasteiger partial charge in [-0.3, -0.25) is 13.9 Å². The summed E-state index contributed by atoms with van der Waals surface area (Å²) in [5.74, 6) is 0.0330. The summed E-state index contributed by atoms with van der Waals surface area (Å²) in [6.45, 7) is 2.77. The number of fused-ring (bicyclic) bond motifs is 1. The first-order chi connectivity index (χ1) is 11.8. The van der Waals surface area contributed by atoms with Crippen LogP contribution >= 0.6 is 0 Å². The van der Waals surface area contributed by atoms with Crippen molar-refractivity contribution in [2.24, 2.45) is 0 Å². The third kappa shape index (κ3) is 3.35. The van der Waals surface area contributed by atoms with Crippen molar-refractivity contribution in [3.05, 3.63) is 34.7 Å². The van der Waals surface area contributed by atoms with Crippen LogP contribution in [-0.4, -0.2) is 53.0 Å². The number of hydrogen-bond donors (Lipinski definition) is 0. The maximum Gasteiger partial charge on any atom is 0.329 e. The van der Waals surface area contributed by atoms with Crippen molar-refractivity contribution in [3.63, 3.8) is 0 Å². The van der Waals surface area contributed by atoms with E-state index < -0.39 is 9.84 Å². The van der Waals surface area contributed by atoms with Gasteiger partial charge in [-0.05, 0) is 25.5 Å². The van der Waals surface area contributed by atoms with Gasteiger partial charge in [0.1, 0.15) is 0 Å². The molecule has 2 aromatic rings. The van der Waals surface area contributed by atoms with E-state index >= 15 is 0 Å². The van der Waals surface area contributed by atoms with Crippen LogP contribution in [0.2, 0.25) is 0 Å². The molecule has 1 aliphatic rings. The summed E-state index contributed by atoms with van der Waals surface area (Å²) in [6, 6.07) is 7.27. The molecule has 1 fully saturated rings. The summed E-state index contributed by atoms with van der Waals surface area (Å²) in [5.41, 5.74) is 1.55. The molecule has 0 bridgehead atoms. The Balaban J connectivity index is 1.76. The molecule has 2 heterocycles. The minimum atomic E-state index is -3.03. The average Bonchev–Trinajstić information content (AvgIpc) is 3.08. The number of carbonyl (C=O) groups is 1. The molecule has 8 heteroatoms. The van der Waals surface area contributed by atoms with E-state index in [4.69, 9.17) is 0 Å². The number of rotatable bonds is 5. The van der Waals surface area contributed by atoms with Crippen LogP contribution in [0.5, 0.6) is 0 Å². The van der Waals surface area contributed by atoms with Crippen LogP contribution in [0, 0.1) is 0 Å². The topological polar surface area (TPSA) is 81.4 Å². The quantitative estimate of drug-likeness (QED) is 0.787. The number of nitrogens with zero attached hydrogens (tertiary/aromatic N) is 3. The van der Waals surface area contributed by atoms with Gasteiger partial charge in [0.05, 0.1) is 22.5 Å². The van der Waals surface area contributed by atoms with Crippen molar-refractivity contribution in [3.8, 4) is 0 Å². The summed E-state index contributed by atoms with van der Waals surface area (Å²) in [5, 5.41) is 0. The van der Waals surface area contributed by atoms with Crippen LogP contribution in [0.3, 0.4) is 0 Å². The van der Waals surface area contributed by atoms with Crippen molar-refractivity contribution >= 4 is 26.8 Å².